The number of hydrogen-bond donors (Lipinski definition) is 2. The molecule has 3 rings (SSSR count). The number of hydrogen-bond acceptors (Lipinski definition) is 6. The Hall–Kier alpha value is -2.21. The van der Waals surface area contributed by atoms with E-state index in [2.05, 4.69) is 4.90 Å². The Morgan fingerprint density at radius 2 is 1.38 bits per heavy atom. The van der Waals surface area contributed by atoms with Crippen molar-refractivity contribution in [1.82, 2.24) is 14.1 Å². The third kappa shape index (κ3) is 6.89. The molecule has 1 aromatic rings. The smallest absolute Gasteiger partial charge is 0.414 e. The van der Waals surface area contributed by atoms with E-state index in [1.54, 1.807) is 12.1 Å². The lowest BCUT2D eigenvalue weighted by Crippen LogP contribution is -2.55. The summed E-state index contributed by atoms with van der Waals surface area (Å²) in [6.07, 6.45) is 3.34. The maximum absolute atomic E-state index is 12.7. The van der Waals surface area contributed by atoms with E-state index in [0.717, 1.165) is 25.9 Å². The summed E-state index contributed by atoms with van der Waals surface area (Å²) in [6.45, 7) is 5.52. The van der Waals surface area contributed by atoms with Crippen LogP contribution in [-0.2, 0) is 24.4 Å². The highest BCUT2D eigenvalue weighted by atomic mass is 35.5. The number of benzene rings is 1. The monoisotopic (exact) mass is 489 g/mol. The Morgan fingerprint density at radius 3 is 1.84 bits per heavy atom. The average molecular weight is 490 g/mol. The zero-order chi connectivity index (χ0) is 23.9. The number of carbonyl (C=O) groups is 3. The third-order valence-corrected chi connectivity index (χ3v) is 7.65. The molecule has 2 saturated heterocycles. The number of piperazine rings is 1. The van der Waals surface area contributed by atoms with Crippen molar-refractivity contribution < 1.29 is 33.0 Å². The van der Waals surface area contributed by atoms with Crippen molar-refractivity contribution in [3.8, 4) is 0 Å². The second-order valence-electron chi connectivity index (χ2n) is 7.57. The molecule has 0 spiro atoms. The van der Waals surface area contributed by atoms with Gasteiger partial charge in [0.05, 0.1) is 10.9 Å². The van der Waals surface area contributed by atoms with E-state index in [0.29, 0.717) is 31.2 Å². The molecule has 1 amide bonds. The van der Waals surface area contributed by atoms with Crippen LogP contribution < -0.4 is 0 Å². The fraction of sp³-hybridized carbons (Fsp3) is 0.550. The highest BCUT2D eigenvalue weighted by Gasteiger charge is 2.33. The molecular weight excluding hydrogens is 462 g/mol. The summed E-state index contributed by atoms with van der Waals surface area (Å²) in [4.78, 5) is 35.2. The Balaban J connectivity index is 0.000000534. The van der Waals surface area contributed by atoms with Crippen molar-refractivity contribution in [2.75, 3.05) is 39.3 Å². The highest BCUT2D eigenvalue weighted by molar-refractivity contribution is 7.89. The minimum atomic E-state index is -3.52. The van der Waals surface area contributed by atoms with Gasteiger partial charge in [0, 0.05) is 44.3 Å². The van der Waals surface area contributed by atoms with E-state index in [1.165, 1.54) is 22.9 Å². The van der Waals surface area contributed by atoms with E-state index in [1.807, 2.05) is 11.8 Å². The lowest BCUT2D eigenvalue weighted by Gasteiger charge is -2.39. The van der Waals surface area contributed by atoms with Crippen LogP contribution in [0.1, 0.15) is 26.2 Å². The molecule has 0 aliphatic carbocycles. The van der Waals surface area contributed by atoms with Crippen LogP contribution >= 0.6 is 11.6 Å². The summed E-state index contributed by atoms with van der Waals surface area (Å²) in [5.41, 5.74) is 0. The number of sulfonamides is 1. The van der Waals surface area contributed by atoms with E-state index in [-0.39, 0.29) is 16.8 Å². The van der Waals surface area contributed by atoms with E-state index in [9.17, 15) is 13.2 Å². The SMILES string of the molecule is CC(C(=O)N1CCCCC1)N1CCN(S(=O)(=O)c2ccc(Cl)cc2)CC1.O=C(O)C(=O)O. The Labute approximate surface area is 192 Å². The molecule has 2 fully saturated rings. The fourth-order valence-electron chi connectivity index (χ4n) is 3.62. The summed E-state index contributed by atoms with van der Waals surface area (Å²) in [6, 6.07) is 6.04. The van der Waals surface area contributed by atoms with Gasteiger partial charge in [-0.3, -0.25) is 9.69 Å². The first-order valence-corrected chi connectivity index (χ1v) is 12.1. The molecule has 2 heterocycles. The molecule has 2 aliphatic rings. The van der Waals surface area contributed by atoms with Gasteiger partial charge in [-0.25, -0.2) is 18.0 Å². The fourth-order valence-corrected chi connectivity index (χ4v) is 5.17. The Bertz CT molecular complexity index is 898. The largest absolute Gasteiger partial charge is 0.473 e. The number of rotatable bonds is 4. The first kappa shape index (κ1) is 26.0. The first-order chi connectivity index (χ1) is 15.0. The van der Waals surface area contributed by atoms with Gasteiger partial charge in [-0.05, 0) is 50.5 Å². The molecule has 10 nitrogen and oxygen atoms in total. The van der Waals surface area contributed by atoms with Gasteiger partial charge in [0.1, 0.15) is 0 Å². The lowest BCUT2D eigenvalue weighted by molar-refractivity contribution is -0.159. The van der Waals surface area contributed by atoms with Crippen molar-refractivity contribution >= 4 is 39.5 Å². The second-order valence-corrected chi connectivity index (χ2v) is 9.94. The van der Waals surface area contributed by atoms with Gasteiger partial charge in [-0.15, -0.1) is 0 Å². The van der Waals surface area contributed by atoms with Gasteiger partial charge in [0.2, 0.25) is 15.9 Å². The predicted octanol–water partition coefficient (Wildman–Crippen LogP) is 1.20. The molecule has 12 heteroatoms. The summed E-state index contributed by atoms with van der Waals surface area (Å²) >= 11 is 5.84. The molecule has 2 N–H and O–H groups in total. The maximum Gasteiger partial charge on any atom is 0.414 e. The van der Waals surface area contributed by atoms with Crippen LogP contribution in [0.25, 0.3) is 0 Å². The summed E-state index contributed by atoms with van der Waals surface area (Å²) in [5, 5.41) is 15.3. The van der Waals surface area contributed by atoms with E-state index in [4.69, 9.17) is 31.4 Å². The number of piperidine rings is 1. The molecule has 1 unspecified atom stereocenters. The quantitative estimate of drug-likeness (QED) is 0.602. The van der Waals surface area contributed by atoms with Gasteiger partial charge in [0.25, 0.3) is 0 Å². The van der Waals surface area contributed by atoms with Crippen LogP contribution in [0.3, 0.4) is 0 Å². The van der Waals surface area contributed by atoms with Gasteiger partial charge >= 0.3 is 11.9 Å². The number of carboxylic acids is 2. The molecule has 1 aromatic carbocycles. The standard InChI is InChI=1S/C18H26ClN3O3S.C2H2O4/c1-15(18(23)21-9-3-2-4-10-21)20-11-13-22(14-12-20)26(24,25)17-7-5-16(19)6-8-17;3-1(4)2(5)6/h5-8,15H,2-4,9-14H2,1H3;(H,3,4)(H,5,6). The highest BCUT2D eigenvalue weighted by Crippen LogP contribution is 2.21. The Morgan fingerprint density at radius 1 is 0.875 bits per heavy atom. The number of carbonyl (C=O) groups excluding carboxylic acids is 1. The first-order valence-electron chi connectivity index (χ1n) is 10.3. The number of aliphatic carboxylic acids is 2. The average Bonchev–Trinajstić information content (AvgIpc) is 2.79. The van der Waals surface area contributed by atoms with E-state index >= 15 is 0 Å². The molecular formula is C20H28ClN3O7S. The molecule has 0 bridgehead atoms. The number of halogens is 1. The van der Waals surface area contributed by atoms with Gasteiger partial charge in [-0.2, -0.15) is 4.31 Å². The van der Waals surface area contributed by atoms with Crippen LogP contribution in [0.4, 0.5) is 0 Å². The van der Waals surface area contributed by atoms with Crippen LogP contribution in [-0.4, -0.2) is 95.9 Å². The zero-order valence-electron chi connectivity index (χ0n) is 17.8. The number of likely N-dealkylation sites (tertiary alicyclic amines) is 1. The minimum absolute atomic E-state index is 0.165. The van der Waals surface area contributed by atoms with Gasteiger partial charge in [0.15, 0.2) is 0 Å². The number of carboxylic acid groups (broad SMARTS) is 2. The molecule has 2 aliphatic heterocycles. The van der Waals surface area contributed by atoms with Crippen molar-refractivity contribution in [3.05, 3.63) is 29.3 Å². The van der Waals surface area contributed by atoms with Crippen LogP contribution in [0.15, 0.2) is 29.2 Å². The zero-order valence-corrected chi connectivity index (χ0v) is 19.4. The molecule has 1 atom stereocenters. The maximum atomic E-state index is 12.7. The molecule has 0 saturated carbocycles. The van der Waals surface area contributed by atoms with E-state index < -0.39 is 22.0 Å². The van der Waals surface area contributed by atoms with Gasteiger partial charge in [-0.1, -0.05) is 11.6 Å². The lowest BCUT2D eigenvalue weighted by atomic mass is 10.1. The normalized spacial score (nSPS) is 18.9. The topological polar surface area (TPSA) is 136 Å². The summed E-state index contributed by atoms with van der Waals surface area (Å²) < 4.78 is 27.0. The number of nitrogens with zero attached hydrogens (tertiary/aromatic N) is 3. The van der Waals surface area contributed by atoms with Crippen LogP contribution in [0.5, 0.6) is 0 Å². The van der Waals surface area contributed by atoms with Crippen molar-refractivity contribution in [1.29, 1.82) is 0 Å². The van der Waals surface area contributed by atoms with Crippen LogP contribution in [0, 0.1) is 0 Å². The molecule has 178 valence electrons. The number of amides is 1. The summed E-state index contributed by atoms with van der Waals surface area (Å²) in [7, 11) is -3.52. The van der Waals surface area contributed by atoms with Crippen molar-refractivity contribution in [2.45, 2.75) is 37.1 Å². The molecule has 0 radical (unpaired) electrons. The summed E-state index contributed by atoms with van der Waals surface area (Å²) in [5.74, 6) is -3.48. The molecule has 32 heavy (non-hydrogen) atoms. The predicted molar refractivity (Wildman–Crippen MR) is 117 cm³/mol. The second kappa shape index (κ2) is 11.6. The van der Waals surface area contributed by atoms with Crippen molar-refractivity contribution in [2.24, 2.45) is 0 Å². The molecule has 0 aromatic heterocycles. The van der Waals surface area contributed by atoms with Crippen LogP contribution in [0.2, 0.25) is 5.02 Å². The third-order valence-electron chi connectivity index (χ3n) is 5.48. The van der Waals surface area contributed by atoms with Crippen molar-refractivity contribution in [3.63, 3.8) is 0 Å². The van der Waals surface area contributed by atoms with Gasteiger partial charge < -0.3 is 15.1 Å². The minimum Gasteiger partial charge on any atom is -0.473 e. The Kier molecular flexibility index (Phi) is 9.44.